The Morgan fingerprint density at radius 3 is 2.90 bits per heavy atom. The van der Waals surface area contributed by atoms with Gasteiger partial charge in [0.25, 0.3) is 0 Å². The van der Waals surface area contributed by atoms with Gasteiger partial charge in [0, 0.05) is 6.21 Å². The summed E-state index contributed by atoms with van der Waals surface area (Å²) in [6, 6.07) is -0.0231. The molecule has 1 rings (SSSR count). The number of rotatable bonds is 1. The van der Waals surface area contributed by atoms with Gasteiger partial charge in [-0.25, -0.2) is 0 Å². The number of nitrogens with two attached hydrogens (primary N) is 1. The van der Waals surface area contributed by atoms with E-state index in [0.717, 1.165) is 5.57 Å². The Balaban J connectivity index is 2.80. The fraction of sp³-hybridized carbons (Fsp3) is 0.429. The molecule has 2 atom stereocenters. The summed E-state index contributed by atoms with van der Waals surface area (Å²) in [5.41, 5.74) is 6.73. The molecule has 1 aliphatic heterocycles. The Bertz CT molecular complexity index is 193. The summed E-state index contributed by atoms with van der Waals surface area (Å²) in [6.45, 7) is 5.42. The summed E-state index contributed by atoms with van der Waals surface area (Å²) in [7, 11) is 0. The van der Waals surface area contributed by atoms with Crippen LogP contribution in [-0.4, -0.2) is 25.1 Å². The first kappa shape index (κ1) is 7.15. The highest BCUT2D eigenvalue weighted by molar-refractivity contribution is 5.74. The Morgan fingerprint density at radius 2 is 2.50 bits per heavy atom. The number of hydrogen-bond donors (Lipinski definition) is 1. The minimum atomic E-state index is -0.234. The van der Waals surface area contributed by atoms with Crippen LogP contribution in [0.5, 0.6) is 0 Å². The lowest BCUT2D eigenvalue weighted by atomic mass is 10.1. The molecule has 54 valence electrons. The lowest BCUT2D eigenvalue weighted by molar-refractivity contribution is 0.603. The average Bonchev–Trinajstić information content (AvgIpc) is 1.88. The Morgan fingerprint density at radius 1 is 1.80 bits per heavy atom. The largest absolute Gasteiger partial charge is 0.308 e. The second kappa shape index (κ2) is 2.75. The van der Waals surface area contributed by atoms with Gasteiger partial charge in [-0.1, -0.05) is 0 Å². The lowest BCUT2D eigenvalue weighted by Crippen LogP contribution is -2.34. The molecule has 0 aromatic rings. The van der Waals surface area contributed by atoms with Crippen LogP contribution in [0.15, 0.2) is 21.6 Å². The van der Waals surface area contributed by atoms with Crippen LogP contribution in [0.25, 0.3) is 0 Å². The predicted molar refractivity (Wildman–Crippen MR) is 43.6 cm³/mol. The first-order valence-corrected chi connectivity index (χ1v) is 3.17. The van der Waals surface area contributed by atoms with E-state index in [1.54, 1.807) is 6.21 Å². The molecular weight excluding hydrogens is 126 g/mol. The third kappa shape index (κ3) is 1.14. The van der Waals surface area contributed by atoms with Crippen LogP contribution in [0.3, 0.4) is 0 Å². The van der Waals surface area contributed by atoms with Gasteiger partial charge in [0.15, 0.2) is 0 Å². The molecule has 10 heavy (non-hydrogen) atoms. The third-order valence-corrected chi connectivity index (χ3v) is 1.58. The average molecular weight is 137 g/mol. The molecule has 0 fully saturated rings. The van der Waals surface area contributed by atoms with E-state index >= 15 is 0 Å². The van der Waals surface area contributed by atoms with Gasteiger partial charge < -0.3 is 5.73 Å². The number of hydrogen-bond acceptors (Lipinski definition) is 3. The maximum atomic E-state index is 5.61. The van der Waals surface area contributed by atoms with Crippen LogP contribution in [0, 0.1) is 0 Å². The van der Waals surface area contributed by atoms with Crippen molar-refractivity contribution in [2.75, 3.05) is 0 Å². The Labute approximate surface area is 60.4 Å². The fourth-order valence-electron chi connectivity index (χ4n) is 0.961. The second-order valence-electron chi connectivity index (χ2n) is 2.33. The van der Waals surface area contributed by atoms with Gasteiger partial charge in [-0.05, 0) is 25.3 Å². The van der Waals surface area contributed by atoms with Gasteiger partial charge in [-0.15, -0.1) is 0 Å². The van der Waals surface area contributed by atoms with Crippen molar-refractivity contribution < 1.29 is 0 Å². The molecule has 0 aromatic carbocycles. The van der Waals surface area contributed by atoms with E-state index in [4.69, 9.17) is 5.73 Å². The number of allylic oxidation sites excluding steroid dienone is 1. The molecule has 0 amide bonds. The van der Waals surface area contributed by atoms with Crippen molar-refractivity contribution >= 4 is 12.9 Å². The van der Waals surface area contributed by atoms with E-state index in [0.29, 0.717) is 0 Å². The molecule has 0 aromatic heterocycles. The molecule has 0 aliphatic carbocycles. The smallest absolute Gasteiger partial charge is 0.123 e. The molecule has 0 bridgehead atoms. The summed E-state index contributed by atoms with van der Waals surface area (Å²) < 4.78 is 0. The van der Waals surface area contributed by atoms with Crippen molar-refractivity contribution in [1.82, 2.24) is 0 Å². The third-order valence-electron chi connectivity index (χ3n) is 1.58. The predicted octanol–water partition coefficient (Wildman–Crippen LogP) is 0.371. The zero-order valence-electron chi connectivity index (χ0n) is 5.99. The van der Waals surface area contributed by atoms with Crippen LogP contribution >= 0.6 is 0 Å². The minimum Gasteiger partial charge on any atom is -0.308 e. The quantitative estimate of drug-likeness (QED) is 0.521. The summed E-state index contributed by atoms with van der Waals surface area (Å²) in [5, 5.41) is 0. The number of dihydropyridines is 1. The molecular formula is C7H11N3. The minimum absolute atomic E-state index is 0.0231. The summed E-state index contributed by atoms with van der Waals surface area (Å²) in [6.07, 6.45) is 3.38. The van der Waals surface area contributed by atoms with Crippen LogP contribution in [0.4, 0.5) is 0 Å². The van der Waals surface area contributed by atoms with Crippen molar-refractivity contribution in [1.29, 1.82) is 0 Å². The zero-order chi connectivity index (χ0) is 7.56. The van der Waals surface area contributed by atoms with E-state index < -0.39 is 0 Å². The van der Waals surface area contributed by atoms with Crippen LogP contribution < -0.4 is 5.73 Å². The summed E-state index contributed by atoms with van der Waals surface area (Å²) >= 11 is 0. The molecule has 1 aliphatic rings. The van der Waals surface area contributed by atoms with E-state index in [2.05, 4.69) is 16.7 Å². The normalized spacial score (nSPS) is 31.6. The standard InChI is InChI=1S/C7H11N3/c1-5-3-4-10-7(8)6(5)9-2/h3-4,6-7H,2,8H2,1H3. The molecule has 2 unspecified atom stereocenters. The van der Waals surface area contributed by atoms with Crippen molar-refractivity contribution in [3.8, 4) is 0 Å². The van der Waals surface area contributed by atoms with E-state index in [9.17, 15) is 0 Å². The Kier molecular flexibility index (Phi) is 1.97. The molecule has 0 saturated heterocycles. The van der Waals surface area contributed by atoms with E-state index in [1.807, 2.05) is 13.0 Å². The first-order chi connectivity index (χ1) is 4.75. The molecule has 1 heterocycles. The topological polar surface area (TPSA) is 50.7 Å². The van der Waals surface area contributed by atoms with Crippen molar-refractivity contribution in [3.05, 3.63) is 11.6 Å². The van der Waals surface area contributed by atoms with Gasteiger partial charge in [0.05, 0.1) is 0 Å². The summed E-state index contributed by atoms with van der Waals surface area (Å²) in [4.78, 5) is 7.83. The van der Waals surface area contributed by atoms with Gasteiger partial charge in [0.1, 0.15) is 12.2 Å². The van der Waals surface area contributed by atoms with Gasteiger partial charge >= 0.3 is 0 Å². The van der Waals surface area contributed by atoms with Crippen LogP contribution in [-0.2, 0) is 0 Å². The van der Waals surface area contributed by atoms with E-state index in [1.165, 1.54) is 0 Å². The molecule has 0 radical (unpaired) electrons. The molecule has 0 saturated carbocycles. The van der Waals surface area contributed by atoms with Crippen LogP contribution in [0.1, 0.15) is 6.92 Å². The summed E-state index contributed by atoms with van der Waals surface area (Å²) in [5.74, 6) is 0. The maximum Gasteiger partial charge on any atom is 0.123 e. The monoisotopic (exact) mass is 137 g/mol. The number of aliphatic imine (C=N–C) groups is 2. The molecule has 3 nitrogen and oxygen atoms in total. The zero-order valence-corrected chi connectivity index (χ0v) is 5.99. The molecule has 2 N–H and O–H groups in total. The molecule has 3 heteroatoms. The van der Waals surface area contributed by atoms with E-state index in [-0.39, 0.29) is 12.2 Å². The first-order valence-electron chi connectivity index (χ1n) is 3.17. The van der Waals surface area contributed by atoms with Crippen molar-refractivity contribution in [2.24, 2.45) is 15.7 Å². The van der Waals surface area contributed by atoms with Crippen molar-refractivity contribution in [2.45, 2.75) is 19.1 Å². The Hall–Kier alpha value is -0.960. The van der Waals surface area contributed by atoms with Crippen LogP contribution in [0.2, 0.25) is 0 Å². The van der Waals surface area contributed by atoms with Crippen molar-refractivity contribution in [3.63, 3.8) is 0 Å². The number of nitrogens with zero attached hydrogens (tertiary/aromatic N) is 2. The van der Waals surface area contributed by atoms with Gasteiger partial charge in [0.2, 0.25) is 0 Å². The van der Waals surface area contributed by atoms with Gasteiger partial charge in [-0.3, -0.25) is 9.98 Å². The highest BCUT2D eigenvalue weighted by Gasteiger charge is 2.17. The highest BCUT2D eigenvalue weighted by atomic mass is 15.0. The molecule has 0 spiro atoms. The highest BCUT2D eigenvalue weighted by Crippen LogP contribution is 2.12. The SMILES string of the molecule is C=NC1C(C)=CC=NC1N. The maximum absolute atomic E-state index is 5.61. The lowest BCUT2D eigenvalue weighted by Gasteiger charge is -2.19. The fourth-order valence-corrected chi connectivity index (χ4v) is 0.961. The van der Waals surface area contributed by atoms with Gasteiger partial charge in [-0.2, -0.15) is 0 Å². The second-order valence-corrected chi connectivity index (χ2v) is 2.33.